The fourth-order valence-electron chi connectivity index (χ4n) is 3.30. The number of unbranched alkanes of at least 4 members (excludes halogenated alkanes) is 9. The zero-order valence-electron chi connectivity index (χ0n) is 16.5. The maximum atomic E-state index is 11.2. The molecule has 0 spiro atoms. The third kappa shape index (κ3) is 9.11. The van der Waals surface area contributed by atoms with Gasteiger partial charge in [0.1, 0.15) is 0 Å². The first-order valence-electron chi connectivity index (χ1n) is 10.4. The van der Waals surface area contributed by atoms with E-state index in [-0.39, 0.29) is 11.7 Å². The van der Waals surface area contributed by atoms with Crippen molar-refractivity contribution in [3.05, 3.63) is 24.3 Å². The van der Waals surface area contributed by atoms with Gasteiger partial charge < -0.3 is 5.11 Å². The van der Waals surface area contributed by atoms with E-state index in [2.05, 4.69) is 18.0 Å². The van der Waals surface area contributed by atoms with E-state index in [1.54, 1.807) is 23.1 Å². The van der Waals surface area contributed by atoms with Crippen LogP contribution in [0.3, 0.4) is 0 Å². The third-order valence-corrected chi connectivity index (χ3v) is 7.22. The highest BCUT2D eigenvalue weighted by Crippen LogP contribution is 2.35. The summed E-state index contributed by atoms with van der Waals surface area (Å²) < 4.78 is 2.17. The largest absolute Gasteiger partial charge is 0.481 e. The van der Waals surface area contributed by atoms with E-state index >= 15 is 0 Å². The normalized spacial score (nSPS) is 12.5. The maximum Gasteiger partial charge on any atom is 0.304 e. The molecule has 0 aliphatic carbocycles. The zero-order chi connectivity index (χ0) is 19.3. The highest BCUT2D eigenvalue weighted by atomic mass is 32.2. The number of aliphatic carboxylic acids is 1. The van der Waals surface area contributed by atoms with Crippen LogP contribution in [-0.2, 0) is 4.79 Å². The molecule has 1 N–H and O–H groups in total. The van der Waals surface area contributed by atoms with E-state index in [0.717, 1.165) is 22.7 Å². The summed E-state index contributed by atoms with van der Waals surface area (Å²) in [6, 6.07) is 8.11. The minimum atomic E-state index is -0.708. The van der Waals surface area contributed by atoms with Gasteiger partial charge in [0.25, 0.3) is 0 Å². The molecule has 0 saturated heterocycles. The van der Waals surface area contributed by atoms with Crippen molar-refractivity contribution >= 4 is 39.3 Å². The predicted octanol–water partition coefficient (Wildman–Crippen LogP) is 7.54. The summed E-state index contributed by atoms with van der Waals surface area (Å²) in [6.07, 6.45) is 14.3. The van der Waals surface area contributed by atoms with Crippen molar-refractivity contribution in [3.8, 4) is 0 Å². The van der Waals surface area contributed by atoms with Gasteiger partial charge in [0.05, 0.1) is 16.6 Å². The summed E-state index contributed by atoms with van der Waals surface area (Å²) in [4.78, 5) is 15.9. The predicted molar refractivity (Wildman–Crippen MR) is 118 cm³/mol. The molecule has 0 aliphatic rings. The molecular formula is C22H33NO2S2. The third-order valence-electron chi connectivity index (χ3n) is 4.82. The number of fused-ring (bicyclic) bond motifs is 1. The van der Waals surface area contributed by atoms with Crippen LogP contribution in [0.1, 0.15) is 84.0 Å². The van der Waals surface area contributed by atoms with Gasteiger partial charge in [-0.2, -0.15) is 0 Å². The second-order valence-corrected chi connectivity index (χ2v) is 9.83. The van der Waals surface area contributed by atoms with Crippen molar-refractivity contribution in [2.75, 3.05) is 0 Å². The first-order valence-corrected chi connectivity index (χ1v) is 12.1. The number of carbonyl (C=O) groups is 1. The van der Waals surface area contributed by atoms with Crippen LogP contribution in [0.4, 0.5) is 0 Å². The molecule has 3 nitrogen and oxygen atoms in total. The van der Waals surface area contributed by atoms with Gasteiger partial charge in [0, 0.05) is 5.25 Å². The van der Waals surface area contributed by atoms with Crippen LogP contribution in [0.15, 0.2) is 28.6 Å². The number of thiazole rings is 1. The lowest BCUT2D eigenvalue weighted by Gasteiger charge is -2.12. The Morgan fingerprint density at radius 1 is 1.04 bits per heavy atom. The summed E-state index contributed by atoms with van der Waals surface area (Å²) in [5, 5.41) is 9.36. The molecule has 1 atom stereocenters. The van der Waals surface area contributed by atoms with Gasteiger partial charge in [-0.15, -0.1) is 11.3 Å². The maximum absolute atomic E-state index is 11.2. The van der Waals surface area contributed by atoms with Crippen LogP contribution in [-0.4, -0.2) is 21.3 Å². The van der Waals surface area contributed by atoms with E-state index in [9.17, 15) is 9.90 Å². The van der Waals surface area contributed by atoms with Gasteiger partial charge in [0.15, 0.2) is 4.34 Å². The highest BCUT2D eigenvalue weighted by Gasteiger charge is 2.17. The Kier molecular flexibility index (Phi) is 10.8. The SMILES string of the molecule is CCCCCCCCCCCCC(CC(=O)O)Sc1nc2ccccc2s1. The molecule has 1 aromatic carbocycles. The lowest BCUT2D eigenvalue weighted by atomic mass is 10.0. The number of hydrogen-bond donors (Lipinski definition) is 1. The average Bonchev–Trinajstić information content (AvgIpc) is 3.05. The second kappa shape index (κ2) is 13.2. The quantitative estimate of drug-likeness (QED) is 0.245. The van der Waals surface area contributed by atoms with Crippen molar-refractivity contribution < 1.29 is 9.90 Å². The van der Waals surface area contributed by atoms with Crippen LogP contribution >= 0.6 is 23.1 Å². The molecule has 27 heavy (non-hydrogen) atoms. The molecule has 2 rings (SSSR count). The topological polar surface area (TPSA) is 50.2 Å². The van der Waals surface area contributed by atoms with E-state index in [0.29, 0.717) is 0 Å². The molecule has 2 aromatic rings. The summed E-state index contributed by atoms with van der Waals surface area (Å²) in [5.41, 5.74) is 1.01. The molecule has 1 aromatic heterocycles. The van der Waals surface area contributed by atoms with Crippen molar-refractivity contribution in [1.82, 2.24) is 4.98 Å². The summed E-state index contributed by atoms with van der Waals surface area (Å²) >= 11 is 3.32. The van der Waals surface area contributed by atoms with Gasteiger partial charge in [-0.05, 0) is 18.6 Å². The number of hydrogen-bond acceptors (Lipinski definition) is 4. The Labute approximate surface area is 172 Å². The average molecular weight is 408 g/mol. The van der Waals surface area contributed by atoms with Crippen LogP contribution < -0.4 is 0 Å². The zero-order valence-corrected chi connectivity index (χ0v) is 18.1. The number of carboxylic acids is 1. The lowest BCUT2D eigenvalue weighted by Crippen LogP contribution is -2.09. The van der Waals surface area contributed by atoms with Crippen LogP contribution in [0, 0.1) is 0 Å². The second-order valence-electron chi connectivity index (χ2n) is 7.26. The number of rotatable bonds is 15. The summed E-state index contributed by atoms with van der Waals surface area (Å²) in [5.74, 6) is -0.708. The van der Waals surface area contributed by atoms with Crippen molar-refractivity contribution in [2.45, 2.75) is 93.6 Å². The monoisotopic (exact) mass is 407 g/mol. The first-order chi connectivity index (χ1) is 13.2. The molecule has 0 fully saturated rings. The van der Waals surface area contributed by atoms with E-state index < -0.39 is 5.97 Å². The highest BCUT2D eigenvalue weighted by molar-refractivity contribution is 8.01. The summed E-state index contributed by atoms with van der Waals surface area (Å²) in [7, 11) is 0. The Morgan fingerprint density at radius 3 is 2.30 bits per heavy atom. The fraction of sp³-hybridized carbons (Fsp3) is 0.636. The number of para-hydroxylation sites is 1. The standard InChI is InChI=1S/C22H33NO2S2/c1-2-3-4-5-6-7-8-9-10-11-14-18(17-21(24)25)26-22-23-19-15-12-13-16-20(19)27-22/h12-13,15-16,18H,2-11,14,17H2,1H3,(H,24,25). The van der Waals surface area contributed by atoms with Gasteiger partial charge in [-0.25, -0.2) is 4.98 Å². The van der Waals surface area contributed by atoms with E-state index in [4.69, 9.17) is 0 Å². The molecule has 5 heteroatoms. The molecule has 0 amide bonds. The minimum Gasteiger partial charge on any atom is -0.481 e. The number of nitrogens with zero attached hydrogens (tertiary/aromatic N) is 1. The van der Waals surface area contributed by atoms with Gasteiger partial charge in [0.2, 0.25) is 0 Å². The Morgan fingerprint density at radius 2 is 1.67 bits per heavy atom. The Balaban J connectivity index is 1.66. The molecular weight excluding hydrogens is 374 g/mol. The van der Waals surface area contributed by atoms with Crippen molar-refractivity contribution in [3.63, 3.8) is 0 Å². The molecule has 1 heterocycles. The minimum absolute atomic E-state index is 0.122. The smallest absolute Gasteiger partial charge is 0.304 e. The number of carboxylic acid groups (broad SMARTS) is 1. The molecule has 0 aliphatic heterocycles. The first kappa shape index (κ1) is 22.2. The van der Waals surface area contributed by atoms with Crippen molar-refractivity contribution in [1.29, 1.82) is 0 Å². The van der Waals surface area contributed by atoms with Gasteiger partial charge in [-0.3, -0.25) is 4.79 Å². The molecule has 1 unspecified atom stereocenters. The van der Waals surface area contributed by atoms with Crippen LogP contribution in [0.5, 0.6) is 0 Å². The number of benzene rings is 1. The van der Waals surface area contributed by atoms with Crippen LogP contribution in [0.2, 0.25) is 0 Å². The van der Waals surface area contributed by atoms with Crippen molar-refractivity contribution in [2.24, 2.45) is 0 Å². The van der Waals surface area contributed by atoms with Gasteiger partial charge >= 0.3 is 5.97 Å². The fourth-order valence-corrected chi connectivity index (χ4v) is 5.81. The lowest BCUT2D eigenvalue weighted by molar-refractivity contribution is -0.137. The number of thioether (sulfide) groups is 1. The van der Waals surface area contributed by atoms with Crippen LogP contribution in [0.25, 0.3) is 10.2 Å². The van der Waals surface area contributed by atoms with Gasteiger partial charge in [-0.1, -0.05) is 95.0 Å². The molecule has 0 radical (unpaired) electrons. The Bertz CT molecular complexity index is 638. The molecule has 0 saturated carbocycles. The van der Waals surface area contributed by atoms with E-state index in [1.807, 2.05) is 18.2 Å². The molecule has 0 bridgehead atoms. The summed E-state index contributed by atoms with van der Waals surface area (Å²) in [6.45, 7) is 2.26. The number of aromatic nitrogens is 1. The van der Waals surface area contributed by atoms with E-state index in [1.165, 1.54) is 62.5 Å². The molecule has 150 valence electrons. The Hall–Kier alpha value is -1.07.